The summed E-state index contributed by atoms with van der Waals surface area (Å²) in [4.78, 5) is 0. The Bertz CT molecular complexity index is 750. The molecule has 0 aromatic heterocycles. The molecule has 0 radical (unpaired) electrons. The first-order valence-electron chi connectivity index (χ1n) is 7.51. The van der Waals surface area contributed by atoms with Crippen LogP contribution in [0.1, 0.15) is 63.8 Å². The summed E-state index contributed by atoms with van der Waals surface area (Å²) in [6.45, 7) is 12.7. The van der Waals surface area contributed by atoms with E-state index in [0.717, 1.165) is 21.9 Å². The molecule has 0 fully saturated rings. The fourth-order valence-corrected chi connectivity index (χ4v) is 2.78. The Hall–Kier alpha value is -2.32. The number of nitriles is 2. The van der Waals surface area contributed by atoms with Crippen LogP contribution in [0.3, 0.4) is 0 Å². The molecule has 2 heteroatoms. The molecule has 0 aliphatic carbocycles. The summed E-state index contributed by atoms with van der Waals surface area (Å²) in [5, 5.41) is 20.9. The molecule has 22 heavy (non-hydrogen) atoms. The van der Waals surface area contributed by atoms with Crippen molar-refractivity contribution in [3.05, 3.63) is 46.5 Å². The Kier molecular flexibility index (Phi) is 3.76. The van der Waals surface area contributed by atoms with Crippen LogP contribution in [0.5, 0.6) is 0 Å². The van der Waals surface area contributed by atoms with Gasteiger partial charge in [0.15, 0.2) is 0 Å². The minimum atomic E-state index is -0.0882. The van der Waals surface area contributed by atoms with Gasteiger partial charge in [-0.2, -0.15) is 10.5 Å². The van der Waals surface area contributed by atoms with Crippen molar-refractivity contribution in [2.75, 3.05) is 0 Å². The van der Waals surface area contributed by atoms with E-state index in [1.165, 1.54) is 0 Å². The molecule has 2 aromatic rings. The van der Waals surface area contributed by atoms with Crippen LogP contribution in [0.4, 0.5) is 0 Å². The highest BCUT2D eigenvalue weighted by molar-refractivity contribution is 5.87. The largest absolute Gasteiger partial charge is 0.192 e. The highest BCUT2D eigenvalue weighted by Crippen LogP contribution is 2.34. The minimum absolute atomic E-state index is 0.0882. The fraction of sp³-hybridized carbons (Fsp3) is 0.400. The molecule has 0 amide bonds. The average molecular weight is 290 g/mol. The van der Waals surface area contributed by atoms with E-state index in [0.29, 0.717) is 11.1 Å². The van der Waals surface area contributed by atoms with E-state index in [9.17, 15) is 10.5 Å². The summed E-state index contributed by atoms with van der Waals surface area (Å²) in [6, 6.07) is 12.6. The Balaban J connectivity index is 2.88. The van der Waals surface area contributed by atoms with Crippen molar-refractivity contribution in [3.63, 3.8) is 0 Å². The topological polar surface area (TPSA) is 47.6 Å². The van der Waals surface area contributed by atoms with Crippen LogP contribution in [0.15, 0.2) is 24.3 Å². The molecule has 0 saturated carbocycles. The summed E-state index contributed by atoms with van der Waals surface area (Å²) < 4.78 is 0. The number of hydrogen-bond acceptors (Lipinski definition) is 2. The van der Waals surface area contributed by atoms with E-state index in [1.54, 1.807) is 0 Å². The number of fused-ring (bicyclic) bond motifs is 1. The average Bonchev–Trinajstić information content (AvgIpc) is 2.42. The first-order chi connectivity index (χ1) is 10.1. The summed E-state index contributed by atoms with van der Waals surface area (Å²) in [6.07, 6.45) is 0. The van der Waals surface area contributed by atoms with E-state index in [2.05, 4.69) is 65.8 Å². The molecule has 0 aliphatic rings. The summed E-state index contributed by atoms with van der Waals surface area (Å²) in [5.74, 6) is 0. The Morgan fingerprint density at radius 1 is 0.636 bits per heavy atom. The van der Waals surface area contributed by atoms with Crippen LogP contribution < -0.4 is 0 Å². The molecule has 0 unspecified atom stereocenters. The number of benzene rings is 2. The standard InChI is InChI=1S/C20H22N2/c1-19(2,3)17-9-14-10-18(20(4,5)6)16(12-22)8-13(14)7-15(17)11-21/h7-10H,1-6H3. The second-order valence-corrected chi connectivity index (χ2v) is 7.87. The predicted molar refractivity (Wildman–Crippen MR) is 90.8 cm³/mol. The van der Waals surface area contributed by atoms with Crippen LogP contribution in [0, 0.1) is 22.7 Å². The van der Waals surface area contributed by atoms with Crippen molar-refractivity contribution in [2.24, 2.45) is 0 Å². The Labute approximate surface area is 133 Å². The van der Waals surface area contributed by atoms with Crippen molar-refractivity contribution in [1.29, 1.82) is 10.5 Å². The van der Waals surface area contributed by atoms with Crippen LogP contribution in [-0.4, -0.2) is 0 Å². The third-order valence-corrected chi connectivity index (χ3v) is 3.97. The van der Waals surface area contributed by atoms with Gasteiger partial charge in [0.05, 0.1) is 23.3 Å². The van der Waals surface area contributed by atoms with Gasteiger partial charge in [0.2, 0.25) is 0 Å². The van der Waals surface area contributed by atoms with Gasteiger partial charge >= 0.3 is 0 Å². The van der Waals surface area contributed by atoms with E-state index in [4.69, 9.17) is 0 Å². The lowest BCUT2D eigenvalue weighted by Gasteiger charge is -2.24. The van der Waals surface area contributed by atoms with Crippen LogP contribution in [0.25, 0.3) is 10.8 Å². The first kappa shape index (κ1) is 16.1. The van der Waals surface area contributed by atoms with Crippen LogP contribution in [-0.2, 0) is 10.8 Å². The predicted octanol–water partition coefficient (Wildman–Crippen LogP) is 5.18. The molecular formula is C20H22N2. The lowest BCUT2D eigenvalue weighted by molar-refractivity contribution is 0.587. The summed E-state index contributed by atoms with van der Waals surface area (Å²) in [5.41, 5.74) is 3.29. The third kappa shape index (κ3) is 2.83. The van der Waals surface area contributed by atoms with Gasteiger partial charge in [-0.3, -0.25) is 0 Å². The molecule has 0 N–H and O–H groups in total. The molecule has 0 saturated heterocycles. The monoisotopic (exact) mass is 290 g/mol. The summed E-state index contributed by atoms with van der Waals surface area (Å²) >= 11 is 0. The maximum absolute atomic E-state index is 9.44. The van der Waals surface area contributed by atoms with Gasteiger partial charge in [-0.15, -0.1) is 0 Å². The Morgan fingerprint density at radius 3 is 1.23 bits per heavy atom. The van der Waals surface area contributed by atoms with Crippen molar-refractivity contribution >= 4 is 10.8 Å². The SMILES string of the molecule is CC(C)(C)c1cc2cc(C(C)(C)C)c(C#N)cc2cc1C#N. The van der Waals surface area contributed by atoms with Gasteiger partial charge in [-0.1, -0.05) is 41.5 Å². The van der Waals surface area contributed by atoms with Crippen LogP contribution >= 0.6 is 0 Å². The number of rotatable bonds is 0. The molecule has 2 aromatic carbocycles. The lowest BCUT2D eigenvalue weighted by Crippen LogP contribution is -2.15. The second kappa shape index (κ2) is 5.15. The zero-order chi connectivity index (χ0) is 16.7. The van der Waals surface area contributed by atoms with Crippen LogP contribution in [0.2, 0.25) is 0 Å². The van der Waals surface area contributed by atoms with Crippen molar-refractivity contribution in [1.82, 2.24) is 0 Å². The molecular weight excluding hydrogens is 268 g/mol. The highest BCUT2D eigenvalue weighted by atomic mass is 14.3. The van der Waals surface area contributed by atoms with Crippen molar-refractivity contribution in [2.45, 2.75) is 52.4 Å². The summed E-state index contributed by atoms with van der Waals surface area (Å²) in [7, 11) is 0. The molecule has 2 nitrogen and oxygen atoms in total. The second-order valence-electron chi connectivity index (χ2n) is 7.87. The fourth-order valence-electron chi connectivity index (χ4n) is 2.78. The molecule has 0 heterocycles. The Morgan fingerprint density at radius 2 is 0.955 bits per heavy atom. The van der Waals surface area contributed by atoms with Gasteiger partial charge < -0.3 is 0 Å². The zero-order valence-corrected chi connectivity index (χ0v) is 14.2. The lowest BCUT2D eigenvalue weighted by atomic mass is 9.79. The normalized spacial score (nSPS) is 12.0. The number of nitrogens with zero attached hydrogens (tertiary/aromatic N) is 2. The minimum Gasteiger partial charge on any atom is -0.192 e. The maximum atomic E-state index is 9.44. The first-order valence-corrected chi connectivity index (χ1v) is 7.51. The van der Waals surface area contributed by atoms with Crippen molar-refractivity contribution < 1.29 is 0 Å². The van der Waals surface area contributed by atoms with E-state index >= 15 is 0 Å². The highest BCUT2D eigenvalue weighted by Gasteiger charge is 2.22. The molecule has 112 valence electrons. The van der Waals surface area contributed by atoms with E-state index in [1.807, 2.05) is 12.1 Å². The third-order valence-electron chi connectivity index (χ3n) is 3.97. The molecule has 0 atom stereocenters. The van der Waals surface area contributed by atoms with Gasteiger partial charge in [-0.25, -0.2) is 0 Å². The quantitative estimate of drug-likeness (QED) is 0.671. The smallest absolute Gasteiger partial charge is 0.0994 e. The molecule has 2 rings (SSSR count). The van der Waals surface area contributed by atoms with E-state index in [-0.39, 0.29) is 10.8 Å². The molecule has 0 aliphatic heterocycles. The van der Waals surface area contributed by atoms with Gasteiger partial charge in [-0.05, 0) is 57.0 Å². The number of hydrogen-bond donors (Lipinski definition) is 0. The van der Waals surface area contributed by atoms with Gasteiger partial charge in [0.1, 0.15) is 0 Å². The van der Waals surface area contributed by atoms with Gasteiger partial charge in [0.25, 0.3) is 0 Å². The van der Waals surface area contributed by atoms with Gasteiger partial charge in [0, 0.05) is 0 Å². The van der Waals surface area contributed by atoms with Crippen molar-refractivity contribution in [3.8, 4) is 12.1 Å². The molecule has 0 spiro atoms. The van der Waals surface area contributed by atoms with E-state index < -0.39 is 0 Å². The molecule has 0 bridgehead atoms. The maximum Gasteiger partial charge on any atom is 0.0994 e. The zero-order valence-electron chi connectivity index (χ0n) is 14.2.